The van der Waals surface area contributed by atoms with Gasteiger partial charge in [-0.2, -0.15) is 0 Å². The summed E-state index contributed by atoms with van der Waals surface area (Å²) in [6.45, 7) is 10.4. The van der Waals surface area contributed by atoms with Gasteiger partial charge in [0.1, 0.15) is 0 Å². The number of nitrogens with zero attached hydrogens (tertiary/aromatic N) is 2. The van der Waals surface area contributed by atoms with E-state index in [1.165, 1.54) is 32.4 Å². The summed E-state index contributed by atoms with van der Waals surface area (Å²) in [6, 6.07) is 1.26. The number of halogens is 1. The van der Waals surface area contributed by atoms with Crippen LogP contribution in [0, 0.1) is 11.8 Å². The van der Waals surface area contributed by atoms with Crippen LogP contribution >= 0.6 is 24.0 Å². The fourth-order valence-corrected chi connectivity index (χ4v) is 2.95. The Kier molecular flexibility index (Phi) is 7.58. The van der Waals surface area contributed by atoms with Crippen LogP contribution in [0.15, 0.2) is 4.99 Å². The first-order chi connectivity index (χ1) is 9.11. The van der Waals surface area contributed by atoms with Gasteiger partial charge in [-0.05, 0) is 44.2 Å². The Morgan fingerprint density at radius 1 is 1.30 bits per heavy atom. The zero-order valence-electron chi connectivity index (χ0n) is 13.4. The topological polar surface area (TPSA) is 39.7 Å². The minimum atomic E-state index is 0. The second-order valence-corrected chi connectivity index (χ2v) is 6.47. The fraction of sp³-hybridized carbons (Fsp3) is 0.933. The van der Waals surface area contributed by atoms with Crippen LogP contribution < -0.4 is 10.6 Å². The largest absolute Gasteiger partial charge is 0.355 e. The van der Waals surface area contributed by atoms with Crippen molar-refractivity contribution in [2.45, 2.75) is 52.1 Å². The molecule has 2 N–H and O–H groups in total. The zero-order chi connectivity index (χ0) is 13.8. The first-order valence-electron chi connectivity index (χ1n) is 7.83. The molecule has 0 aromatic rings. The molecule has 5 heteroatoms. The number of hydrogen-bond acceptors (Lipinski definition) is 2. The second kappa shape index (κ2) is 8.41. The van der Waals surface area contributed by atoms with E-state index in [0.717, 1.165) is 18.4 Å². The number of guanidine groups is 1. The molecule has 118 valence electrons. The van der Waals surface area contributed by atoms with Gasteiger partial charge < -0.3 is 10.6 Å². The van der Waals surface area contributed by atoms with E-state index >= 15 is 0 Å². The molecule has 2 aliphatic rings. The van der Waals surface area contributed by atoms with E-state index in [1.807, 2.05) is 7.05 Å². The molecule has 0 radical (unpaired) electrons. The van der Waals surface area contributed by atoms with Crippen molar-refractivity contribution in [2.75, 3.05) is 26.7 Å². The molecule has 2 rings (SSSR count). The molecule has 1 saturated heterocycles. The van der Waals surface area contributed by atoms with Crippen LogP contribution in [0.5, 0.6) is 0 Å². The molecule has 3 atom stereocenters. The van der Waals surface area contributed by atoms with Crippen molar-refractivity contribution in [1.82, 2.24) is 15.5 Å². The molecule has 0 bridgehead atoms. The van der Waals surface area contributed by atoms with Crippen LogP contribution in [0.3, 0.4) is 0 Å². The number of rotatable bonds is 5. The first kappa shape index (κ1) is 18.0. The quantitative estimate of drug-likeness (QED) is 0.427. The maximum absolute atomic E-state index is 4.34. The lowest BCUT2D eigenvalue weighted by molar-refractivity contribution is 0.192. The van der Waals surface area contributed by atoms with E-state index in [0.29, 0.717) is 18.0 Å². The number of hydrogen-bond donors (Lipinski definition) is 2. The van der Waals surface area contributed by atoms with Crippen LogP contribution in [0.4, 0.5) is 0 Å². The summed E-state index contributed by atoms with van der Waals surface area (Å²) in [5.74, 6) is 2.46. The molecule has 2 fully saturated rings. The van der Waals surface area contributed by atoms with E-state index in [-0.39, 0.29) is 24.0 Å². The minimum absolute atomic E-state index is 0. The van der Waals surface area contributed by atoms with Crippen molar-refractivity contribution in [3.8, 4) is 0 Å². The lowest BCUT2D eigenvalue weighted by atomic mass is 10.0. The highest BCUT2D eigenvalue weighted by atomic mass is 127. The summed E-state index contributed by atoms with van der Waals surface area (Å²) in [5.41, 5.74) is 0. The summed E-state index contributed by atoms with van der Waals surface area (Å²) < 4.78 is 0. The van der Waals surface area contributed by atoms with Gasteiger partial charge in [0.05, 0.1) is 0 Å². The second-order valence-electron chi connectivity index (χ2n) is 6.47. The highest BCUT2D eigenvalue weighted by Crippen LogP contribution is 2.28. The lowest BCUT2D eigenvalue weighted by Gasteiger charge is -2.31. The molecule has 4 nitrogen and oxygen atoms in total. The van der Waals surface area contributed by atoms with Crippen molar-refractivity contribution in [1.29, 1.82) is 0 Å². The van der Waals surface area contributed by atoms with Crippen molar-refractivity contribution < 1.29 is 0 Å². The smallest absolute Gasteiger partial charge is 0.191 e. The summed E-state index contributed by atoms with van der Waals surface area (Å²) in [7, 11) is 1.86. The van der Waals surface area contributed by atoms with Crippen molar-refractivity contribution >= 4 is 29.9 Å². The molecule has 0 aromatic carbocycles. The molecule has 0 amide bonds. The van der Waals surface area contributed by atoms with E-state index in [9.17, 15) is 0 Å². The predicted octanol–water partition coefficient (Wildman–Crippen LogP) is 2.30. The van der Waals surface area contributed by atoms with Gasteiger partial charge in [0.15, 0.2) is 5.96 Å². The van der Waals surface area contributed by atoms with Crippen LogP contribution in [-0.2, 0) is 0 Å². The van der Waals surface area contributed by atoms with Crippen LogP contribution in [-0.4, -0.2) is 49.6 Å². The van der Waals surface area contributed by atoms with Gasteiger partial charge in [0, 0.05) is 25.7 Å². The molecule has 1 heterocycles. The highest BCUT2D eigenvalue weighted by molar-refractivity contribution is 14.0. The molecule has 0 spiro atoms. The Bertz CT molecular complexity index is 313. The third-order valence-electron chi connectivity index (χ3n) is 4.51. The van der Waals surface area contributed by atoms with Crippen LogP contribution in [0.2, 0.25) is 0 Å². The Morgan fingerprint density at radius 3 is 2.35 bits per heavy atom. The third kappa shape index (κ3) is 5.06. The SMILES string of the molecule is CN=C(NCC(C(C)C)N1CCCC1)NC1CC1C.I. The first-order valence-corrected chi connectivity index (χ1v) is 7.83. The Hall–Kier alpha value is -0.0400. The van der Waals surface area contributed by atoms with Gasteiger partial charge in [-0.3, -0.25) is 9.89 Å². The van der Waals surface area contributed by atoms with Gasteiger partial charge >= 0.3 is 0 Å². The van der Waals surface area contributed by atoms with Crippen molar-refractivity contribution in [2.24, 2.45) is 16.8 Å². The zero-order valence-corrected chi connectivity index (χ0v) is 15.7. The third-order valence-corrected chi connectivity index (χ3v) is 4.51. The van der Waals surface area contributed by atoms with Gasteiger partial charge in [0.2, 0.25) is 0 Å². The molecular formula is C15H31IN4. The Labute approximate surface area is 141 Å². The average molecular weight is 394 g/mol. The molecule has 20 heavy (non-hydrogen) atoms. The van der Waals surface area contributed by atoms with Crippen molar-refractivity contribution in [3.05, 3.63) is 0 Å². The summed E-state index contributed by atoms with van der Waals surface area (Å²) in [6.07, 6.45) is 3.99. The summed E-state index contributed by atoms with van der Waals surface area (Å²) in [4.78, 5) is 6.97. The summed E-state index contributed by atoms with van der Waals surface area (Å²) >= 11 is 0. The average Bonchev–Trinajstić information content (AvgIpc) is 2.86. The number of likely N-dealkylation sites (tertiary alicyclic amines) is 1. The van der Waals surface area contributed by atoms with Gasteiger partial charge in [-0.25, -0.2) is 0 Å². The normalized spacial score (nSPS) is 28.1. The standard InChI is InChI=1S/C15H30N4.HI/c1-11(2)14(19-7-5-6-8-19)10-17-15(16-4)18-13-9-12(13)3;/h11-14H,5-10H2,1-4H3,(H2,16,17,18);1H. The monoisotopic (exact) mass is 394 g/mol. The van der Waals surface area contributed by atoms with Crippen molar-refractivity contribution in [3.63, 3.8) is 0 Å². The van der Waals surface area contributed by atoms with Gasteiger partial charge in [0.25, 0.3) is 0 Å². The highest BCUT2D eigenvalue weighted by Gasteiger charge is 2.33. The van der Waals surface area contributed by atoms with E-state index < -0.39 is 0 Å². The molecular weight excluding hydrogens is 363 g/mol. The number of aliphatic imine (C=N–C) groups is 1. The minimum Gasteiger partial charge on any atom is -0.355 e. The summed E-state index contributed by atoms with van der Waals surface area (Å²) in [5, 5.41) is 7.01. The number of nitrogens with one attached hydrogen (secondary N) is 2. The van der Waals surface area contributed by atoms with E-state index in [2.05, 4.69) is 41.3 Å². The maximum atomic E-state index is 4.34. The predicted molar refractivity (Wildman–Crippen MR) is 96.9 cm³/mol. The van der Waals surface area contributed by atoms with Crippen LogP contribution in [0.25, 0.3) is 0 Å². The fourth-order valence-electron chi connectivity index (χ4n) is 2.95. The van der Waals surface area contributed by atoms with E-state index in [1.54, 1.807) is 0 Å². The Balaban J connectivity index is 0.00000200. The van der Waals surface area contributed by atoms with Crippen LogP contribution in [0.1, 0.15) is 40.0 Å². The van der Waals surface area contributed by atoms with Gasteiger partial charge in [-0.1, -0.05) is 20.8 Å². The molecule has 3 unspecified atom stereocenters. The maximum Gasteiger partial charge on any atom is 0.191 e. The molecule has 1 aliphatic carbocycles. The molecule has 0 aromatic heterocycles. The Morgan fingerprint density at radius 2 is 1.90 bits per heavy atom. The van der Waals surface area contributed by atoms with E-state index in [4.69, 9.17) is 0 Å². The lowest BCUT2D eigenvalue weighted by Crippen LogP contribution is -2.49. The molecule has 1 aliphatic heterocycles. The molecule has 1 saturated carbocycles. The van der Waals surface area contributed by atoms with Gasteiger partial charge in [-0.15, -0.1) is 24.0 Å².